The summed E-state index contributed by atoms with van der Waals surface area (Å²) in [7, 11) is 0. The number of unbranched alkanes of at least 4 members (excludes halogenated alkanes) is 2. The monoisotopic (exact) mass is 299 g/mol. The Hall–Kier alpha value is -1.80. The molecule has 0 aromatic rings. The first kappa shape index (κ1) is 18.2. The van der Waals surface area contributed by atoms with Crippen molar-refractivity contribution in [3.8, 4) is 0 Å². The molecule has 0 aromatic heterocycles. The second-order valence-corrected chi connectivity index (χ2v) is 4.14. The Kier molecular flexibility index (Phi) is 7.63. The smallest absolute Gasteiger partial charge is 0.471 e. The van der Waals surface area contributed by atoms with Crippen molar-refractivity contribution >= 4 is 17.8 Å². The molecule has 0 bridgehead atoms. The number of nitrogens with zero attached hydrogens (tertiary/aromatic N) is 1. The van der Waals surface area contributed by atoms with Crippen LogP contribution in [0.4, 0.5) is 13.2 Å². The van der Waals surface area contributed by atoms with Crippen LogP contribution in [0.2, 0.25) is 0 Å². The van der Waals surface area contributed by atoms with Gasteiger partial charge in [0.15, 0.2) is 0 Å². The molecule has 0 radical (unpaired) electrons. The van der Waals surface area contributed by atoms with E-state index in [-0.39, 0.29) is 19.4 Å². The van der Waals surface area contributed by atoms with Crippen molar-refractivity contribution < 1.29 is 37.8 Å². The second kappa shape index (κ2) is 8.39. The van der Waals surface area contributed by atoms with Gasteiger partial charge in [0.05, 0.1) is 6.42 Å². The molecule has 6 nitrogen and oxygen atoms in total. The van der Waals surface area contributed by atoms with Gasteiger partial charge in [-0.15, -0.1) is 0 Å². The van der Waals surface area contributed by atoms with Crippen molar-refractivity contribution in [3.05, 3.63) is 0 Å². The minimum absolute atomic E-state index is 0.0949. The molecule has 0 spiro atoms. The lowest BCUT2D eigenvalue weighted by Gasteiger charge is -2.23. The van der Waals surface area contributed by atoms with E-state index in [1.165, 1.54) is 0 Å². The molecule has 0 atom stereocenters. The number of carbonyl (C=O) groups is 3. The van der Waals surface area contributed by atoms with Crippen LogP contribution in [0.3, 0.4) is 0 Å². The van der Waals surface area contributed by atoms with Gasteiger partial charge in [-0.25, -0.2) is 0 Å². The zero-order chi connectivity index (χ0) is 15.8. The average Bonchev–Trinajstić information content (AvgIpc) is 2.29. The molecule has 0 saturated heterocycles. The maximum Gasteiger partial charge on any atom is 0.471 e. The van der Waals surface area contributed by atoms with Gasteiger partial charge in [0, 0.05) is 19.5 Å². The van der Waals surface area contributed by atoms with Crippen LogP contribution in [0.1, 0.15) is 32.1 Å². The first-order valence-electron chi connectivity index (χ1n) is 5.94. The van der Waals surface area contributed by atoms with Crippen LogP contribution in [0.25, 0.3) is 0 Å². The number of carboxylic acid groups (broad SMARTS) is 2. The van der Waals surface area contributed by atoms with E-state index in [1.54, 1.807) is 0 Å². The van der Waals surface area contributed by atoms with Crippen LogP contribution in [0.15, 0.2) is 0 Å². The number of halogens is 3. The summed E-state index contributed by atoms with van der Waals surface area (Å²) in [6.07, 6.45) is -4.88. The van der Waals surface area contributed by atoms with E-state index < -0.39 is 37.0 Å². The number of amides is 1. The summed E-state index contributed by atoms with van der Waals surface area (Å²) in [5.41, 5.74) is 0. The molecule has 0 unspecified atom stereocenters. The lowest BCUT2D eigenvalue weighted by molar-refractivity contribution is -0.185. The van der Waals surface area contributed by atoms with E-state index in [4.69, 9.17) is 10.2 Å². The van der Waals surface area contributed by atoms with Gasteiger partial charge in [0.25, 0.3) is 0 Å². The van der Waals surface area contributed by atoms with E-state index in [0.717, 1.165) is 0 Å². The first-order valence-corrected chi connectivity index (χ1v) is 5.94. The van der Waals surface area contributed by atoms with Gasteiger partial charge in [0.2, 0.25) is 0 Å². The fourth-order valence-electron chi connectivity index (χ4n) is 1.48. The summed E-state index contributed by atoms with van der Waals surface area (Å²) < 4.78 is 36.9. The highest BCUT2D eigenvalue weighted by molar-refractivity contribution is 5.82. The molecule has 0 aromatic carbocycles. The van der Waals surface area contributed by atoms with Crippen molar-refractivity contribution in [1.29, 1.82) is 0 Å². The summed E-state index contributed by atoms with van der Waals surface area (Å²) in [6.45, 7) is -0.766. The van der Waals surface area contributed by atoms with E-state index in [1.807, 2.05) is 0 Å². The molecule has 20 heavy (non-hydrogen) atoms. The number of carbonyl (C=O) groups excluding carboxylic acids is 1. The third-order valence-electron chi connectivity index (χ3n) is 2.44. The van der Waals surface area contributed by atoms with Gasteiger partial charge >= 0.3 is 24.0 Å². The standard InChI is InChI=1S/C11H16F3NO5/c12-11(13,14)10(20)15(7-5-9(18)19)6-3-1-2-4-8(16)17/h1-7H2,(H,16,17)(H,18,19). The lowest BCUT2D eigenvalue weighted by atomic mass is 10.2. The van der Waals surface area contributed by atoms with E-state index in [2.05, 4.69) is 0 Å². The van der Waals surface area contributed by atoms with Crippen LogP contribution in [-0.4, -0.2) is 52.2 Å². The highest BCUT2D eigenvalue weighted by atomic mass is 19.4. The molecule has 1 amide bonds. The number of hydrogen-bond donors (Lipinski definition) is 2. The van der Waals surface area contributed by atoms with E-state index in [0.29, 0.717) is 17.7 Å². The molecule has 116 valence electrons. The molecule has 0 rings (SSSR count). The summed E-state index contributed by atoms with van der Waals surface area (Å²) in [4.78, 5) is 32.1. The maximum atomic E-state index is 12.3. The SMILES string of the molecule is O=C(O)CCCCCN(CCC(=O)O)C(=O)C(F)(F)F. The number of rotatable bonds is 9. The Morgan fingerprint density at radius 2 is 1.40 bits per heavy atom. The van der Waals surface area contributed by atoms with Gasteiger partial charge in [0.1, 0.15) is 0 Å². The van der Waals surface area contributed by atoms with E-state index in [9.17, 15) is 27.6 Å². The largest absolute Gasteiger partial charge is 0.481 e. The van der Waals surface area contributed by atoms with Gasteiger partial charge in [-0.1, -0.05) is 6.42 Å². The number of aliphatic carboxylic acids is 2. The summed E-state index contributed by atoms with van der Waals surface area (Å²) in [5.74, 6) is -4.37. The molecular weight excluding hydrogens is 283 g/mol. The Morgan fingerprint density at radius 3 is 1.85 bits per heavy atom. The number of hydrogen-bond acceptors (Lipinski definition) is 3. The Labute approximate surface area is 113 Å². The van der Waals surface area contributed by atoms with Crippen LogP contribution in [0, 0.1) is 0 Å². The Balaban J connectivity index is 4.28. The molecule has 9 heteroatoms. The lowest BCUT2D eigenvalue weighted by Crippen LogP contribution is -2.42. The quantitative estimate of drug-likeness (QED) is 0.629. The topological polar surface area (TPSA) is 94.9 Å². The van der Waals surface area contributed by atoms with Crippen LogP contribution in [0.5, 0.6) is 0 Å². The normalized spacial score (nSPS) is 11.2. The van der Waals surface area contributed by atoms with Crippen LogP contribution < -0.4 is 0 Å². The summed E-state index contributed by atoms with van der Waals surface area (Å²) >= 11 is 0. The van der Waals surface area contributed by atoms with Crippen LogP contribution in [-0.2, 0) is 14.4 Å². The first-order chi connectivity index (χ1) is 9.14. The average molecular weight is 299 g/mol. The fraction of sp³-hybridized carbons (Fsp3) is 0.727. The third kappa shape index (κ3) is 8.33. The minimum atomic E-state index is -5.04. The molecule has 0 aliphatic carbocycles. The molecule has 0 heterocycles. The number of alkyl halides is 3. The molecule has 0 aliphatic rings. The highest BCUT2D eigenvalue weighted by Gasteiger charge is 2.42. The zero-order valence-electron chi connectivity index (χ0n) is 10.7. The number of carboxylic acids is 2. The van der Waals surface area contributed by atoms with Crippen molar-refractivity contribution in [2.75, 3.05) is 13.1 Å². The molecule has 0 aliphatic heterocycles. The molecule has 0 saturated carbocycles. The molecule has 2 N–H and O–H groups in total. The summed E-state index contributed by atoms with van der Waals surface area (Å²) in [6, 6.07) is 0. The third-order valence-corrected chi connectivity index (χ3v) is 2.44. The minimum Gasteiger partial charge on any atom is -0.481 e. The molecule has 0 fully saturated rings. The van der Waals surface area contributed by atoms with Gasteiger partial charge in [-0.2, -0.15) is 13.2 Å². The van der Waals surface area contributed by atoms with Crippen molar-refractivity contribution in [1.82, 2.24) is 4.90 Å². The Bertz CT molecular complexity index is 356. The molecular formula is C11H16F3NO5. The van der Waals surface area contributed by atoms with Gasteiger partial charge in [-0.3, -0.25) is 14.4 Å². The summed E-state index contributed by atoms with van der Waals surface area (Å²) in [5, 5.41) is 16.8. The van der Waals surface area contributed by atoms with Crippen LogP contribution >= 0.6 is 0 Å². The fourth-order valence-corrected chi connectivity index (χ4v) is 1.48. The van der Waals surface area contributed by atoms with Gasteiger partial charge < -0.3 is 15.1 Å². The predicted molar refractivity (Wildman–Crippen MR) is 61.0 cm³/mol. The van der Waals surface area contributed by atoms with Crippen molar-refractivity contribution in [3.63, 3.8) is 0 Å². The highest BCUT2D eigenvalue weighted by Crippen LogP contribution is 2.19. The maximum absolute atomic E-state index is 12.3. The van der Waals surface area contributed by atoms with Crippen molar-refractivity contribution in [2.45, 2.75) is 38.3 Å². The van der Waals surface area contributed by atoms with E-state index >= 15 is 0 Å². The zero-order valence-corrected chi connectivity index (χ0v) is 10.7. The van der Waals surface area contributed by atoms with Gasteiger partial charge in [-0.05, 0) is 12.8 Å². The Morgan fingerprint density at radius 1 is 0.850 bits per heavy atom. The predicted octanol–water partition coefficient (Wildman–Crippen LogP) is 1.50. The second-order valence-electron chi connectivity index (χ2n) is 4.14. The van der Waals surface area contributed by atoms with Crippen molar-refractivity contribution in [2.24, 2.45) is 0 Å².